The van der Waals surface area contributed by atoms with Crippen molar-refractivity contribution in [2.24, 2.45) is 0 Å². The SMILES string of the molecule is CCS(=O)(=O)c1ccc(CC(=O)Nc2ccc(-c3ccc(CCC(=O)O)cc3)c(C(F)(F)F)c2)cc1. The number of nitrogens with one attached hydrogen (secondary N) is 1. The van der Waals surface area contributed by atoms with Gasteiger partial charge in [0.1, 0.15) is 0 Å². The van der Waals surface area contributed by atoms with Crippen molar-refractivity contribution in [2.45, 2.75) is 37.3 Å². The molecule has 36 heavy (non-hydrogen) atoms. The lowest BCUT2D eigenvalue weighted by Gasteiger charge is -2.16. The number of sulfone groups is 1. The first-order valence-corrected chi connectivity index (χ1v) is 12.7. The molecular formula is C26H24F3NO5S. The number of hydrogen-bond donors (Lipinski definition) is 2. The van der Waals surface area contributed by atoms with Gasteiger partial charge in [0.05, 0.1) is 22.6 Å². The monoisotopic (exact) mass is 519 g/mol. The number of amides is 1. The van der Waals surface area contributed by atoms with E-state index in [1.807, 2.05) is 0 Å². The second kappa shape index (κ2) is 10.9. The molecule has 0 aliphatic carbocycles. The van der Waals surface area contributed by atoms with Gasteiger partial charge in [0.25, 0.3) is 0 Å². The van der Waals surface area contributed by atoms with Gasteiger partial charge < -0.3 is 10.4 Å². The number of benzene rings is 3. The van der Waals surface area contributed by atoms with E-state index in [2.05, 4.69) is 5.32 Å². The number of carbonyl (C=O) groups excluding carboxylic acids is 1. The summed E-state index contributed by atoms with van der Waals surface area (Å²) in [5, 5.41) is 11.2. The third-order valence-corrected chi connectivity index (χ3v) is 7.28. The molecule has 0 atom stereocenters. The molecule has 10 heteroatoms. The highest BCUT2D eigenvalue weighted by Gasteiger charge is 2.34. The summed E-state index contributed by atoms with van der Waals surface area (Å²) in [7, 11) is -3.38. The van der Waals surface area contributed by atoms with Crippen LogP contribution < -0.4 is 5.32 Å². The molecule has 0 radical (unpaired) electrons. The average Bonchev–Trinajstić information content (AvgIpc) is 2.83. The third kappa shape index (κ3) is 6.94. The van der Waals surface area contributed by atoms with Gasteiger partial charge in [-0.15, -0.1) is 0 Å². The van der Waals surface area contributed by atoms with Gasteiger partial charge in [-0.05, 0) is 52.9 Å². The molecule has 1 amide bonds. The maximum Gasteiger partial charge on any atom is 0.417 e. The summed E-state index contributed by atoms with van der Waals surface area (Å²) in [4.78, 5) is 23.3. The minimum Gasteiger partial charge on any atom is -0.481 e. The van der Waals surface area contributed by atoms with Gasteiger partial charge in [0.15, 0.2) is 9.84 Å². The predicted octanol–water partition coefficient (Wildman–Crippen LogP) is 5.36. The van der Waals surface area contributed by atoms with Gasteiger partial charge >= 0.3 is 12.1 Å². The maximum atomic E-state index is 13.8. The Morgan fingerprint density at radius 3 is 2.08 bits per heavy atom. The van der Waals surface area contributed by atoms with E-state index in [0.717, 1.165) is 6.07 Å². The lowest BCUT2D eigenvalue weighted by Crippen LogP contribution is -2.16. The predicted molar refractivity (Wildman–Crippen MR) is 129 cm³/mol. The minimum atomic E-state index is -4.68. The average molecular weight is 520 g/mol. The van der Waals surface area contributed by atoms with Crippen molar-refractivity contribution in [1.82, 2.24) is 0 Å². The standard InChI is InChI=1S/C26H24F3NO5S/c1-2-36(34,35)21-11-5-18(6-12-21)15-24(31)30-20-10-13-22(23(16-20)26(27,28)29)19-8-3-17(4-9-19)7-14-25(32)33/h3-6,8-13,16H,2,7,14-15H2,1H3,(H,30,31)(H,32,33). The zero-order valence-electron chi connectivity index (χ0n) is 19.3. The van der Waals surface area contributed by atoms with Crippen LogP contribution in [0.15, 0.2) is 71.6 Å². The second-order valence-electron chi connectivity index (χ2n) is 8.12. The van der Waals surface area contributed by atoms with Crippen LogP contribution in [0.1, 0.15) is 30.0 Å². The quantitative estimate of drug-likeness (QED) is 0.396. The Hall–Kier alpha value is -3.66. The molecule has 0 fully saturated rings. The Morgan fingerprint density at radius 1 is 0.917 bits per heavy atom. The normalized spacial score (nSPS) is 11.8. The third-order valence-electron chi connectivity index (χ3n) is 5.53. The Labute approximate surface area is 206 Å². The molecule has 0 aliphatic heterocycles. The highest BCUT2D eigenvalue weighted by molar-refractivity contribution is 7.91. The molecule has 0 unspecified atom stereocenters. The zero-order valence-corrected chi connectivity index (χ0v) is 20.1. The van der Waals surface area contributed by atoms with Crippen molar-refractivity contribution in [2.75, 3.05) is 11.1 Å². The topological polar surface area (TPSA) is 101 Å². The van der Waals surface area contributed by atoms with Crippen molar-refractivity contribution in [3.8, 4) is 11.1 Å². The summed E-state index contributed by atoms with van der Waals surface area (Å²) in [6, 6.07) is 15.5. The van der Waals surface area contributed by atoms with Crippen molar-refractivity contribution in [3.63, 3.8) is 0 Å². The molecule has 2 N–H and O–H groups in total. The fraction of sp³-hybridized carbons (Fsp3) is 0.231. The van der Waals surface area contributed by atoms with E-state index in [0.29, 0.717) is 16.7 Å². The molecule has 6 nitrogen and oxygen atoms in total. The molecule has 3 rings (SSSR count). The summed E-state index contributed by atoms with van der Waals surface area (Å²) < 4.78 is 65.3. The van der Waals surface area contributed by atoms with Gasteiger partial charge in [0, 0.05) is 12.1 Å². The smallest absolute Gasteiger partial charge is 0.417 e. The van der Waals surface area contributed by atoms with Crippen LogP contribution in [0.3, 0.4) is 0 Å². The van der Waals surface area contributed by atoms with E-state index < -0.39 is 33.5 Å². The largest absolute Gasteiger partial charge is 0.481 e. The number of alkyl halides is 3. The van der Waals surface area contributed by atoms with Crippen LogP contribution in [0, 0.1) is 0 Å². The summed E-state index contributed by atoms with van der Waals surface area (Å²) >= 11 is 0. The molecule has 3 aromatic carbocycles. The second-order valence-corrected chi connectivity index (χ2v) is 10.4. The highest BCUT2D eigenvalue weighted by atomic mass is 32.2. The summed E-state index contributed by atoms with van der Waals surface area (Å²) in [5.41, 5.74) is 0.489. The highest BCUT2D eigenvalue weighted by Crippen LogP contribution is 2.38. The minimum absolute atomic E-state index is 0.0284. The van der Waals surface area contributed by atoms with Crippen molar-refractivity contribution in [1.29, 1.82) is 0 Å². The molecule has 3 aromatic rings. The van der Waals surface area contributed by atoms with Crippen LogP contribution in [-0.2, 0) is 38.4 Å². The van der Waals surface area contributed by atoms with Crippen molar-refractivity contribution in [3.05, 3.63) is 83.4 Å². The van der Waals surface area contributed by atoms with Gasteiger partial charge in [-0.25, -0.2) is 8.42 Å². The molecule has 0 saturated heterocycles. The summed E-state index contributed by atoms with van der Waals surface area (Å²) in [6.07, 6.45) is -4.64. The fourth-order valence-corrected chi connectivity index (χ4v) is 4.47. The summed E-state index contributed by atoms with van der Waals surface area (Å²) in [5.74, 6) is -1.57. The van der Waals surface area contributed by atoms with Crippen LogP contribution in [-0.4, -0.2) is 31.2 Å². The van der Waals surface area contributed by atoms with E-state index in [4.69, 9.17) is 5.11 Å². The lowest BCUT2D eigenvalue weighted by atomic mass is 9.97. The van der Waals surface area contributed by atoms with Crippen LogP contribution in [0.4, 0.5) is 18.9 Å². The number of halogens is 3. The Balaban J connectivity index is 1.77. The van der Waals surface area contributed by atoms with Crippen molar-refractivity contribution < 1.29 is 36.3 Å². The number of anilines is 1. The Morgan fingerprint density at radius 2 is 1.53 bits per heavy atom. The first-order valence-electron chi connectivity index (χ1n) is 11.0. The number of aryl methyl sites for hydroxylation is 1. The summed E-state index contributed by atoms with van der Waals surface area (Å²) in [6.45, 7) is 1.52. The molecule has 190 valence electrons. The van der Waals surface area contributed by atoms with E-state index in [1.165, 1.54) is 55.5 Å². The number of carboxylic acid groups (broad SMARTS) is 1. The van der Waals surface area contributed by atoms with Crippen LogP contribution in [0.2, 0.25) is 0 Å². The molecule has 0 heterocycles. The van der Waals surface area contributed by atoms with Gasteiger partial charge in [-0.3, -0.25) is 9.59 Å². The van der Waals surface area contributed by atoms with E-state index >= 15 is 0 Å². The first-order chi connectivity index (χ1) is 16.9. The number of carboxylic acids is 1. The number of hydrogen-bond acceptors (Lipinski definition) is 4. The number of aliphatic carboxylic acids is 1. The van der Waals surface area contributed by atoms with E-state index in [1.54, 1.807) is 12.1 Å². The first kappa shape index (κ1) is 26.9. The molecule has 0 aliphatic rings. The van der Waals surface area contributed by atoms with Crippen LogP contribution in [0.25, 0.3) is 11.1 Å². The Kier molecular flexibility index (Phi) is 8.19. The molecule has 0 spiro atoms. The fourth-order valence-electron chi connectivity index (χ4n) is 3.58. The van der Waals surface area contributed by atoms with Crippen LogP contribution >= 0.6 is 0 Å². The van der Waals surface area contributed by atoms with E-state index in [9.17, 15) is 31.2 Å². The molecular weight excluding hydrogens is 495 g/mol. The van der Waals surface area contributed by atoms with Gasteiger partial charge in [-0.2, -0.15) is 13.2 Å². The maximum absolute atomic E-state index is 13.8. The van der Waals surface area contributed by atoms with Crippen molar-refractivity contribution >= 4 is 27.4 Å². The van der Waals surface area contributed by atoms with Gasteiger partial charge in [-0.1, -0.05) is 49.4 Å². The zero-order chi connectivity index (χ0) is 26.5. The lowest BCUT2D eigenvalue weighted by molar-refractivity contribution is -0.137. The molecule has 0 aromatic heterocycles. The molecule has 0 saturated carbocycles. The number of rotatable bonds is 9. The number of carbonyl (C=O) groups is 2. The van der Waals surface area contributed by atoms with Gasteiger partial charge in [0.2, 0.25) is 5.91 Å². The molecule has 0 bridgehead atoms. The van der Waals surface area contributed by atoms with Crippen LogP contribution in [0.5, 0.6) is 0 Å². The van der Waals surface area contributed by atoms with E-state index in [-0.39, 0.29) is 41.2 Å². The Bertz CT molecular complexity index is 1350.